The van der Waals surface area contributed by atoms with Crippen LogP contribution in [-0.2, 0) is 16.0 Å². The number of hydrogen-bond donors (Lipinski definition) is 2. The second-order valence-electron chi connectivity index (χ2n) is 12.5. The van der Waals surface area contributed by atoms with Crippen LogP contribution in [-0.4, -0.2) is 46.3 Å². The first kappa shape index (κ1) is 31.2. The van der Waals surface area contributed by atoms with Crippen LogP contribution in [0, 0.1) is 24.0 Å². The SMILES string of the molecule is Cc1nc(N)c(-c2cnc(OCCc3ccccc3F)c(F)c2)c(N2CCC(C)(C)CC2)c1C(OC(C)(C)C)C(=O)O. The molecule has 226 valence electrons. The quantitative estimate of drug-likeness (QED) is 0.294. The summed E-state index contributed by atoms with van der Waals surface area (Å²) in [6, 6.07) is 7.59. The van der Waals surface area contributed by atoms with Crippen LogP contribution in [0.5, 0.6) is 5.88 Å². The fourth-order valence-corrected chi connectivity index (χ4v) is 5.20. The molecule has 10 heteroatoms. The first-order chi connectivity index (χ1) is 19.7. The number of carboxylic acid groups (broad SMARTS) is 1. The van der Waals surface area contributed by atoms with Crippen LogP contribution in [0.1, 0.15) is 70.4 Å². The minimum absolute atomic E-state index is 0.0296. The van der Waals surface area contributed by atoms with Crippen LogP contribution in [0.15, 0.2) is 36.5 Å². The third-order valence-electron chi connectivity index (χ3n) is 7.48. The highest BCUT2D eigenvalue weighted by Gasteiger charge is 2.37. The first-order valence-electron chi connectivity index (χ1n) is 14.1. The van der Waals surface area contributed by atoms with Crippen molar-refractivity contribution in [3.05, 3.63) is 65.0 Å². The summed E-state index contributed by atoms with van der Waals surface area (Å²) in [6.45, 7) is 12.8. The van der Waals surface area contributed by atoms with Crippen molar-refractivity contribution in [3.63, 3.8) is 0 Å². The van der Waals surface area contributed by atoms with Crippen LogP contribution < -0.4 is 15.4 Å². The van der Waals surface area contributed by atoms with Crippen molar-refractivity contribution < 1.29 is 28.2 Å². The zero-order valence-corrected chi connectivity index (χ0v) is 25.1. The van der Waals surface area contributed by atoms with Crippen molar-refractivity contribution in [1.29, 1.82) is 0 Å². The number of aliphatic carboxylic acids is 1. The number of carboxylic acids is 1. The van der Waals surface area contributed by atoms with Crippen molar-refractivity contribution in [2.45, 2.75) is 72.5 Å². The lowest BCUT2D eigenvalue weighted by Gasteiger charge is -2.41. The van der Waals surface area contributed by atoms with Gasteiger partial charge in [0.15, 0.2) is 11.9 Å². The van der Waals surface area contributed by atoms with Crippen LogP contribution in [0.3, 0.4) is 0 Å². The second-order valence-corrected chi connectivity index (χ2v) is 12.5. The van der Waals surface area contributed by atoms with E-state index < -0.39 is 23.5 Å². The van der Waals surface area contributed by atoms with Crippen molar-refractivity contribution in [2.24, 2.45) is 5.41 Å². The number of rotatable bonds is 9. The van der Waals surface area contributed by atoms with Gasteiger partial charge in [0.05, 0.1) is 17.9 Å². The Morgan fingerprint density at radius 3 is 2.43 bits per heavy atom. The van der Waals surface area contributed by atoms with Crippen LogP contribution in [0.4, 0.5) is 20.3 Å². The number of nitrogen functional groups attached to an aromatic ring is 1. The fourth-order valence-electron chi connectivity index (χ4n) is 5.20. The molecule has 4 rings (SSSR count). The van der Waals surface area contributed by atoms with Crippen molar-refractivity contribution >= 4 is 17.5 Å². The maximum atomic E-state index is 15.4. The molecule has 1 aromatic carbocycles. The highest BCUT2D eigenvalue weighted by atomic mass is 19.1. The van der Waals surface area contributed by atoms with E-state index in [-0.39, 0.29) is 36.0 Å². The molecule has 0 spiro atoms. The molecular formula is C32H40F2N4O4. The van der Waals surface area contributed by atoms with E-state index in [0.717, 1.165) is 12.8 Å². The molecule has 8 nitrogen and oxygen atoms in total. The summed E-state index contributed by atoms with van der Waals surface area (Å²) in [5.74, 6) is -2.34. The van der Waals surface area contributed by atoms with Gasteiger partial charge in [-0.05, 0) is 63.6 Å². The minimum atomic E-state index is -1.33. The highest BCUT2D eigenvalue weighted by Crippen LogP contribution is 2.46. The summed E-state index contributed by atoms with van der Waals surface area (Å²) in [5, 5.41) is 10.3. The number of aromatic nitrogens is 2. The molecule has 42 heavy (non-hydrogen) atoms. The molecule has 1 saturated heterocycles. The Morgan fingerprint density at radius 2 is 1.83 bits per heavy atom. The average molecular weight is 583 g/mol. The highest BCUT2D eigenvalue weighted by molar-refractivity contribution is 5.91. The summed E-state index contributed by atoms with van der Waals surface area (Å²) in [6.07, 6.45) is 2.08. The van der Waals surface area contributed by atoms with Gasteiger partial charge in [0.1, 0.15) is 11.6 Å². The van der Waals surface area contributed by atoms with Gasteiger partial charge in [-0.2, -0.15) is 0 Å². The van der Waals surface area contributed by atoms with E-state index in [1.165, 1.54) is 18.3 Å². The summed E-state index contributed by atoms with van der Waals surface area (Å²) in [7, 11) is 0. The number of ether oxygens (including phenoxy) is 2. The average Bonchev–Trinajstić information content (AvgIpc) is 2.89. The van der Waals surface area contributed by atoms with Crippen molar-refractivity contribution in [3.8, 4) is 17.0 Å². The Hall–Kier alpha value is -3.79. The number of aryl methyl sites for hydroxylation is 1. The third-order valence-corrected chi connectivity index (χ3v) is 7.48. The zero-order valence-electron chi connectivity index (χ0n) is 25.1. The van der Waals surface area contributed by atoms with Gasteiger partial charge < -0.3 is 25.2 Å². The van der Waals surface area contributed by atoms with E-state index in [1.807, 2.05) is 0 Å². The third kappa shape index (κ3) is 7.15. The standard InChI is InChI=1S/C32H40F2N4O4/c1-19-24(27(30(39)40)42-31(2,3)4)26(38-14-12-32(5,6)13-15-38)25(28(35)37-19)21-17-23(34)29(36-18-21)41-16-11-20-9-7-8-10-22(20)33/h7-10,17-18,27H,11-16H2,1-6H3,(H2,35,37)(H,39,40). The molecule has 3 aromatic rings. The fraction of sp³-hybridized carbons (Fsp3) is 0.469. The Kier molecular flexibility index (Phi) is 9.06. The predicted octanol–water partition coefficient (Wildman–Crippen LogP) is 6.50. The number of halogens is 2. The first-order valence-corrected chi connectivity index (χ1v) is 14.1. The van der Waals surface area contributed by atoms with Crippen LogP contribution >= 0.6 is 0 Å². The van der Waals surface area contributed by atoms with Crippen LogP contribution in [0.2, 0.25) is 0 Å². The number of nitrogens with two attached hydrogens (primary N) is 1. The van der Waals surface area contributed by atoms with E-state index in [4.69, 9.17) is 15.2 Å². The molecule has 0 amide bonds. The molecule has 2 aromatic heterocycles. The number of anilines is 2. The lowest BCUT2D eigenvalue weighted by Crippen LogP contribution is -2.39. The summed E-state index contributed by atoms with van der Waals surface area (Å²) in [5.41, 5.74) is 8.39. The van der Waals surface area contributed by atoms with E-state index >= 15 is 4.39 Å². The topological polar surface area (TPSA) is 111 Å². The van der Waals surface area contributed by atoms with E-state index in [2.05, 4.69) is 28.7 Å². The molecule has 1 aliphatic rings. The molecule has 0 bridgehead atoms. The second kappa shape index (κ2) is 12.2. The molecule has 1 fully saturated rings. The number of hydrogen-bond acceptors (Lipinski definition) is 7. The minimum Gasteiger partial charge on any atom is -0.479 e. The molecule has 3 heterocycles. The van der Waals surface area contributed by atoms with E-state index in [9.17, 15) is 14.3 Å². The van der Waals surface area contributed by atoms with Crippen LogP contribution in [0.25, 0.3) is 11.1 Å². The molecule has 1 unspecified atom stereocenters. The van der Waals surface area contributed by atoms with E-state index in [0.29, 0.717) is 46.7 Å². The van der Waals surface area contributed by atoms with Gasteiger partial charge in [0.25, 0.3) is 0 Å². The lowest BCUT2D eigenvalue weighted by atomic mass is 9.82. The number of piperidine rings is 1. The molecule has 0 aliphatic carbocycles. The smallest absolute Gasteiger partial charge is 0.337 e. The van der Waals surface area contributed by atoms with E-state index in [1.54, 1.807) is 45.9 Å². The number of benzene rings is 1. The van der Waals surface area contributed by atoms with Gasteiger partial charge in [-0.25, -0.2) is 23.5 Å². The largest absolute Gasteiger partial charge is 0.479 e. The maximum absolute atomic E-state index is 15.4. The molecule has 1 aliphatic heterocycles. The Bertz CT molecular complexity index is 1450. The van der Waals surface area contributed by atoms with Gasteiger partial charge in [-0.15, -0.1) is 0 Å². The molecular weight excluding hydrogens is 542 g/mol. The van der Waals surface area contributed by atoms with Crippen molar-refractivity contribution in [2.75, 3.05) is 30.3 Å². The van der Waals surface area contributed by atoms with Gasteiger partial charge in [-0.3, -0.25) is 0 Å². The Labute approximate surface area is 245 Å². The molecule has 0 saturated carbocycles. The maximum Gasteiger partial charge on any atom is 0.337 e. The van der Waals surface area contributed by atoms with Gasteiger partial charge in [0.2, 0.25) is 5.88 Å². The van der Waals surface area contributed by atoms with Gasteiger partial charge in [0, 0.05) is 48.1 Å². The van der Waals surface area contributed by atoms with Gasteiger partial charge >= 0.3 is 5.97 Å². The van der Waals surface area contributed by atoms with Gasteiger partial charge in [-0.1, -0.05) is 32.0 Å². The summed E-state index contributed by atoms with van der Waals surface area (Å²) < 4.78 is 40.9. The zero-order chi connectivity index (χ0) is 30.8. The molecule has 1 atom stereocenters. The predicted molar refractivity (Wildman–Crippen MR) is 159 cm³/mol. The van der Waals surface area contributed by atoms with Crippen molar-refractivity contribution in [1.82, 2.24) is 9.97 Å². The monoisotopic (exact) mass is 582 g/mol. The normalized spacial score (nSPS) is 15.9. The molecule has 0 radical (unpaired) electrons. The summed E-state index contributed by atoms with van der Waals surface area (Å²) in [4.78, 5) is 23.4. The molecule has 3 N–H and O–H groups in total. The Balaban J connectivity index is 1.77. The summed E-state index contributed by atoms with van der Waals surface area (Å²) >= 11 is 0. The number of nitrogens with zero attached hydrogens (tertiary/aromatic N) is 3. The number of carbonyl (C=O) groups is 1. The lowest BCUT2D eigenvalue weighted by molar-refractivity contribution is -0.160. The number of pyridine rings is 2. The Morgan fingerprint density at radius 1 is 1.17 bits per heavy atom.